The molecule has 0 aliphatic rings. The number of hydrogen-bond donors (Lipinski definition) is 0. The minimum atomic E-state index is -0.446. The molecule has 0 aliphatic carbocycles. The van der Waals surface area contributed by atoms with E-state index < -0.39 is 7.92 Å². The Morgan fingerprint density at radius 3 is 1.46 bits per heavy atom. The van der Waals surface area contributed by atoms with Gasteiger partial charge in [-0.2, -0.15) is 0 Å². The van der Waals surface area contributed by atoms with Crippen molar-refractivity contribution in [1.29, 1.82) is 0 Å². The van der Waals surface area contributed by atoms with Crippen LogP contribution in [0.3, 0.4) is 0 Å². The molecule has 184 valence electrons. The van der Waals surface area contributed by atoms with Crippen LogP contribution in [0.1, 0.15) is 15.9 Å². The van der Waals surface area contributed by atoms with Gasteiger partial charge in [0.25, 0.3) is 0 Å². The number of benzene rings is 5. The normalized spacial score (nSPS) is 9.84. The Morgan fingerprint density at radius 1 is 0.595 bits per heavy atom. The molecular weight excluding hydrogens is 672 g/mol. The van der Waals surface area contributed by atoms with Crippen LogP contribution in [0.15, 0.2) is 150 Å². The zero-order valence-corrected chi connectivity index (χ0v) is 23.8. The van der Waals surface area contributed by atoms with Gasteiger partial charge in [0.05, 0.1) is 0 Å². The predicted molar refractivity (Wildman–Crippen MR) is 154 cm³/mol. The molecule has 5 rings (SSSR count). The van der Waals surface area contributed by atoms with E-state index in [1.54, 1.807) is 24.3 Å². The Morgan fingerprint density at radius 2 is 1.03 bits per heavy atom. The summed E-state index contributed by atoms with van der Waals surface area (Å²) in [5, 5.41) is 4.17. The van der Waals surface area contributed by atoms with E-state index in [1.165, 1.54) is 27.7 Å². The molecule has 5 aromatic carbocycles. The molecule has 0 N–H and O–H groups in total. The van der Waals surface area contributed by atoms with E-state index in [2.05, 4.69) is 96.9 Å². The van der Waals surface area contributed by atoms with Crippen molar-refractivity contribution in [1.82, 2.24) is 0 Å². The molecule has 0 spiro atoms. The molecule has 0 amide bonds. The van der Waals surface area contributed by atoms with E-state index in [0.29, 0.717) is 11.1 Å². The zero-order valence-electron chi connectivity index (χ0n) is 19.9. The molecule has 5 aromatic rings. The fraction of sp³-hybridized carbons (Fsp3) is 0. The molecule has 0 saturated carbocycles. The summed E-state index contributed by atoms with van der Waals surface area (Å²) in [6, 6.07) is 48.8. The summed E-state index contributed by atoms with van der Waals surface area (Å²) >= 11 is 1.19. The number of hydrogen-bond acceptors (Lipinski definition) is 2. The molecule has 0 radical (unpaired) electrons. The molecule has 0 unspecified atom stereocenters. The van der Waals surface area contributed by atoms with Gasteiger partial charge in [0.15, 0.2) is 0 Å². The number of carbonyl (C=O) groups is 1. The third-order valence-electron chi connectivity index (χ3n) is 5.24. The van der Waals surface area contributed by atoms with Crippen molar-refractivity contribution >= 4 is 40.7 Å². The second kappa shape index (κ2) is 15.2. The molecule has 0 heterocycles. The molecule has 1 nitrogen and oxygen atoms in total. The van der Waals surface area contributed by atoms with Crippen LogP contribution in [-0.2, 0) is 22.4 Å². The molecule has 0 saturated heterocycles. The van der Waals surface area contributed by atoms with E-state index in [0.717, 1.165) is 4.90 Å². The van der Waals surface area contributed by atoms with Gasteiger partial charge in [-0.3, -0.25) is 10.7 Å². The molecule has 0 atom stereocenters. The van der Waals surface area contributed by atoms with Crippen molar-refractivity contribution in [2.45, 2.75) is 4.90 Å². The van der Waals surface area contributed by atoms with Crippen LogP contribution in [0.25, 0.3) is 0 Å². The smallest absolute Gasteiger partial charge is 0.366 e. The average Bonchev–Trinajstić information content (AvgIpc) is 2.96. The fourth-order valence-corrected chi connectivity index (χ4v) is 6.61. The minimum Gasteiger partial charge on any atom is -0.366 e. The van der Waals surface area contributed by atoms with Gasteiger partial charge in [-0.1, -0.05) is 121 Å². The average molecular weight is 697 g/mol. The van der Waals surface area contributed by atoms with Gasteiger partial charge in [0.1, 0.15) is 0 Å². The van der Waals surface area contributed by atoms with E-state index in [4.69, 9.17) is 6.42 Å². The van der Waals surface area contributed by atoms with E-state index in [1.807, 2.05) is 30.3 Å². The van der Waals surface area contributed by atoms with Crippen LogP contribution in [0.5, 0.6) is 0 Å². The van der Waals surface area contributed by atoms with Crippen molar-refractivity contribution in [2.24, 2.45) is 0 Å². The first-order valence-corrected chi connectivity index (χ1v) is 13.7. The van der Waals surface area contributed by atoms with Crippen LogP contribution in [-0.4, -0.2) is 5.12 Å². The Bertz CT molecular complexity index is 1330. The second-order valence-electron chi connectivity index (χ2n) is 7.75. The number of carbonyl (C=O) groups excluding carboxylic acids is 1. The Hall–Kier alpha value is -3.15. The van der Waals surface area contributed by atoms with Crippen molar-refractivity contribution < 1.29 is 27.2 Å². The van der Waals surface area contributed by atoms with E-state index >= 15 is 0 Å². The van der Waals surface area contributed by atoms with Crippen LogP contribution in [0.4, 0.5) is 0 Å². The fourth-order valence-electron chi connectivity index (χ4n) is 3.56. The predicted octanol–water partition coefficient (Wildman–Crippen LogP) is 7.00. The third kappa shape index (κ3) is 8.44. The summed E-state index contributed by atoms with van der Waals surface area (Å²) in [6.45, 7) is 0. The first-order valence-electron chi connectivity index (χ1n) is 11.5. The van der Waals surface area contributed by atoms with Crippen LogP contribution in [0.2, 0.25) is 0 Å². The maximum atomic E-state index is 12.0. The summed E-state index contributed by atoms with van der Waals surface area (Å²) in [5.41, 5.74) is 1.21. The van der Waals surface area contributed by atoms with Crippen LogP contribution < -0.4 is 15.9 Å². The summed E-state index contributed by atoms with van der Waals surface area (Å²) in [5.74, 6) is 2.27. The van der Waals surface area contributed by atoms with Crippen molar-refractivity contribution in [3.8, 4) is 5.92 Å². The largest absolute Gasteiger partial charge is 1.00 e. The molecule has 0 aliphatic heterocycles. The van der Waals surface area contributed by atoms with Crippen molar-refractivity contribution in [3.05, 3.63) is 163 Å². The van der Waals surface area contributed by atoms with Crippen molar-refractivity contribution in [3.63, 3.8) is 0 Å². The zero-order chi connectivity index (χ0) is 25.0. The minimum absolute atomic E-state index is 0. The maximum absolute atomic E-state index is 12.0. The van der Waals surface area contributed by atoms with Gasteiger partial charge in [-0.15, -0.1) is 17.7 Å². The van der Waals surface area contributed by atoms with Crippen LogP contribution >= 0.6 is 19.7 Å². The molecule has 4 heteroatoms. The second-order valence-corrected chi connectivity index (χ2v) is 11.0. The topological polar surface area (TPSA) is 17.1 Å². The van der Waals surface area contributed by atoms with Gasteiger partial charge in [-0.25, -0.2) is 0 Å². The summed E-state index contributed by atoms with van der Waals surface area (Å²) in [6.07, 6.45) is 7.03. The third-order valence-corrected chi connectivity index (χ3v) is 8.61. The summed E-state index contributed by atoms with van der Waals surface area (Å²) < 4.78 is 0. The van der Waals surface area contributed by atoms with E-state index in [-0.39, 0.29) is 27.5 Å². The molecule has 37 heavy (non-hydrogen) atoms. The van der Waals surface area contributed by atoms with Gasteiger partial charge < -0.3 is 6.42 Å². The Labute approximate surface area is 240 Å². The quantitative estimate of drug-likeness (QED) is 0.0648. The van der Waals surface area contributed by atoms with Gasteiger partial charge in [0.2, 0.25) is 5.12 Å². The van der Waals surface area contributed by atoms with E-state index in [9.17, 15) is 4.79 Å². The van der Waals surface area contributed by atoms with Crippen LogP contribution in [0, 0.1) is 12.3 Å². The van der Waals surface area contributed by atoms with Gasteiger partial charge in [0, 0.05) is 10.5 Å². The Balaban J connectivity index is 0.000000201. The number of rotatable bonds is 5. The molecule has 0 fully saturated rings. The van der Waals surface area contributed by atoms with Crippen molar-refractivity contribution in [2.75, 3.05) is 0 Å². The SMILES string of the molecule is [Au+].[C-]#Cc1cccc(C(=O)Sc2ccccc2)c1.c1ccc(P(c2ccccc2)c2ccccc2)cc1. The summed E-state index contributed by atoms with van der Waals surface area (Å²) in [4.78, 5) is 12.9. The van der Waals surface area contributed by atoms with Gasteiger partial charge >= 0.3 is 22.4 Å². The maximum Gasteiger partial charge on any atom is 1.00 e. The Kier molecular flexibility index (Phi) is 11.7. The number of thioether (sulfide) groups is 1. The first-order chi connectivity index (χ1) is 17.7. The molecule has 0 bridgehead atoms. The van der Waals surface area contributed by atoms with Gasteiger partial charge in [-0.05, 0) is 47.7 Å². The molecule has 0 aromatic heterocycles. The first kappa shape index (κ1) is 28.4. The monoisotopic (exact) mass is 696 g/mol. The molecular formula is C33H24AuOPS. The summed E-state index contributed by atoms with van der Waals surface area (Å²) in [7, 11) is -0.446. The standard InChI is InChI=1S/C18H15P.C15H9OS.Au/c1-4-10-16(11-5-1)19(17-12-6-2-7-13-17)18-14-8-3-9-15-18;1-2-12-7-6-8-13(11-12)15(16)17-14-9-4-3-5-10-14;/h1-15H;3-11H;/q;-1;+1.